The average Bonchev–Trinajstić information content (AvgIpc) is 2.79. The van der Waals surface area contributed by atoms with Gasteiger partial charge in [-0.25, -0.2) is 0 Å². The summed E-state index contributed by atoms with van der Waals surface area (Å²) in [6, 6.07) is 16.9. The molecule has 33 heavy (non-hydrogen) atoms. The number of aryl methyl sites for hydroxylation is 1. The van der Waals surface area contributed by atoms with Crippen LogP contribution in [0, 0.1) is 0 Å². The second-order valence-corrected chi connectivity index (χ2v) is 8.00. The smallest absolute Gasteiger partial charge is 0.455 e. The van der Waals surface area contributed by atoms with Gasteiger partial charge in [0.15, 0.2) is 0 Å². The van der Waals surface area contributed by atoms with Crippen molar-refractivity contribution in [3.63, 3.8) is 0 Å². The molecule has 0 spiro atoms. The molecule has 1 heterocycles. The fourth-order valence-corrected chi connectivity index (χ4v) is 4.16. The van der Waals surface area contributed by atoms with E-state index in [4.69, 9.17) is 0 Å². The molecule has 0 unspecified atom stereocenters. The lowest BCUT2D eigenvalue weighted by atomic mass is 9.97. The van der Waals surface area contributed by atoms with Gasteiger partial charge in [-0.3, -0.25) is 14.2 Å². The van der Waals surface area contributed by atoms with E-state index in [-0.39, 0.29) is 10.9 Å². The van der Waals surface area contributed by atoms with Crippen molar-refractivity contribution in [3.8, 4) is 11.4 Å². The van der Waals surface area contributed by atoms with E-state index in [0.29, 0.717) is 16.5 Å². The summed E-state index contributed by atoms with van der Waals surface area (Å²) in [6.07, 6.45) is -1.27. The Balaban J connectivity index is 2.07. The van der Waals surface area contributed by atoms with Gasteiger partial charge in [0, 0.05) is 11.1 Å². The number of Topliss-reactive ketones (excluding diaryl/α,β-unsaturated/α-hetero) is 1. The molecule has 0 atom stereocenters. The summed E-state index contributed by atoms with van der Waals surface area (Å²) in [7, 11) is 0. The Morgan fingerprint density at radius 3 is 2.39 bits per heavy atom. The van der Waals surface area contributed by atoms with Crippen LogP contribution in [-0.2, 0) is 6.42 Å². The monoisotopic (exact) mass is 453 g/mol. The highest BCUT2D eigenvalue weighted by Gasteiger charge is 2.43. The van der Waals surface area contributed by atoms with Crippen LogP contribution in [0.15, 0.2) is 65.5 Å². The molecule has 0 saturated heterocycles. The highest BCUT2D eigenvalue weighted by atomic mass is 19.4. The summed E-state index contributed by atoms with van der Waals surface area (Å²) >= 11 is 0. The summed E-state index contributed by atoms with van der Waals surface area (Å²) in [5.41, 5.74) is -0.923. The number of halogens is 3. The maximum atomic E-state index is 13.3. The number of benzene rings is 3. The quantitative estimate of drug-likeness (QED) is 0.211. The lowest BCUT2D eigenvalue weighted by Crippen LogP contribution is -2.33. The van der Waals surface area contributed by atoms with Crippen molar-refractivity contribution in [2.75, 3.05) is 0 Å². The zero-order chi connectivity index (χ0) is 23.8. The molecule has 1 aromatic heterocycles. The van der Waals surface area contributed by atoms with Gasteiger partial charge in [-0.2, -0.15) is 13.2 Å². The van der Waals surface area contributed by atoms with Crippen molar-refractivity contribution in [2.24, 2.45) is 0 Å². The zero-order valence-corrected chi connectivity index (χ0v) is 17.9. The first-order valence-corrected chi connectivity index (χ1v) is 10.7. The van der Waals surface area contributed by atoms with Gasteiger partial charge in [-0.1, -0.05) is 62.2 Å². The topological polar surface area (TPSA) is 59.3 Å². The molecule has 4 rings (SSSR count). The van der Waals surface area contributed by atoms with Crippen molar-refractivity contribution >= 4 is 27.5 Å². The molecule has 1 N–H and O–H groups in total. The van der Waals surface area contributed by atoms with Gasteiger partial charge < -0.3 is 5.11 Å². The van der Waals surface area contributed by atoms with Crippen LogP contribution < -0.4 is 5.56 Å². The highest BCUT2D eigenvalue weighted by molar-refractivity contribution is 6.14. The third kappa shape index (κ3) is 4.11. The molecular weight excluding hydrogens is 431 g/mol. The molecule has 4 nitrogen and oxygen atoms in total. The molecule has 0 bridgehead atoms. The standard InChI is InChI=1S/C26H22F3NO3/c1-2-3-5-8-16-11-13-19-17(15-16)12-14-20-21(19)23(31)22(24(32)26(27,28)29)25(33)30(20)18-9-6-4-7-10-18/h4,6-7,9-15,31H,2-3,5,8H2,1H3. The largest absolute Gasteiger partial charge is 0.506 e. The molecule has 0 radical (unpaired) electrons. The van der Waals surface area contributed by atoms with Crippen LogP contribution in [0.5, 0.6) is 5.75 Å². The van der Waals surface area contributed by atoms with Crippen LogP contribution >= 0.6 is 0 Å². The second kappa shape index (κ2) is 8.73. The molecule has 7 heteroatoms. The van der Waals surface area contributed by atoms with Gasteiger partial charge in [0.25, 0.3) is 11.3 Å². The van der Waals surface area contributed by atoms with Crippen LogP contribution in [0.25, 0.3) is 27.4 Å². The van der Waals surface area contributed by atoms with Crippen LogP contribution in [0.2, 0.25) is 0 Å². The average molecular weight is 453 g/mol. The van der Waals surface area contributed by atoms with E-state index in [0.717, 1.165) is 35.8 Å². The number of hydrogen-bond donors (Lipinski definition) is 1. The molecule has 0 aliphatic heterocycles. The first-order valence-electron chi connectivity index (χ1n) is 10.7. The van der Waals surface area contributed by atoms with E-state index >= 15 is 0 Å². The molecular formula is C26H22F3NO3. The number of pyridine rings is 1. The minimum Gasteiger partial charge on any atom is -0.506 e. The van der Waals surface area contributed by atoms with Gasteiger partial charge >= 0.3 is 6.18 Å². The first kappa shape index (κ1) is 22.6. The van der Waals surface area contributed by atoms with Gasteiger partial charge in [0.1, 0.15) is 11.3 Å². The molecule has 0 aliphatic rings. The fraction of sp³-hybridized carbons (Fsp3) is 0.231. The SMILES string of the molecule is CCCCCc1ccc2c(ccc3c2c(O)c(C(=O)C(F)(F)F)c(=O)n3-c2ccccc2)c1. The lowest BCUT2D eigenvalue weighted by Gasteiger charge is -2.17. The Hall–Kier alpha value is -3.61. The van der Waals surface area contributed by atoms with E-state index in [1.165, 1.54) is 0 Å². The molecule has 0 aliphatic carbocycles. The number of aromatic nitrogens is 1. The normalized spacial score (nSPS) is 11.9. The summed E-state index contributed by atoms with van der Waals surface area (Å²) in [6.45, 7) is 2.11. The molecule has 0 fully saturated rings. The predicted octanol–water partition coefficient (Wildman–Crippen LogP) is 6.33. The molecule has 3 aromatic carbocycles. The molecule has 170 valence electrons. The van der Waals surface area contributed by atoms with E-state index in [1.807, 2.05) is 12.1 Å². The minimum absolute atomic E-state index is 0.0312. The maximum absolute atomic E-state index is 13.3. The van der Waals surface area contributed by atoms with E-state index in [2.05, 4.69) is 6.92 Å². The van der Waals surface area contributed by atoms with Crippen LogP contribution in [-0.4, -0.2) is 21.6 Å². The van der Waals surface area contributed by atoms with Crippen molar-refractivity contribution in [1.82, 2.24) is 4.57 Å². The number of hydrogen-bond acceptors (Lipinski definition) is 3. The van der Waals surface area contributed by atoms with Crippen molar-refractivity contribution < 1.29 is 23.1 Å². The molecule has 0 saturated carbocycles. The Bertz CT molecular complexity index is 1410. The molecule has 4 aromatic rings. The number of rotatable bonds is 6. The van der Waals surface area contributed by atoms with Gasteiger partial charge in [0.05, 0.1) is 5.52 Å². The Kier molecular flexibility index (Phi) is 5.97. The number of para-hydroxylation sites is 1. The Morgan fingerprint density at radius 1 is 1.00 bits per heavy atom. The summed E-state index contributed by atoms with van der Waals surface area (Å²) in [4.78, 5) is 25.3. The predicted molar refractivity (Wildman–Crippen MR) is 122 cm³/mol. The van der Waals surface area contributed by atoms with Gasteiger partial charge in [-0.15, -0.1) is 0 Å². The van der Waals surface area contributed by atoms with Crippen LogP contribution in [0.4, 0.5) is 13.2 Å². The number of fused-ring (bicyclic) bond motifs is 3. The number of alkyl halides is 3. The van der Waals surface area contributed by atoms with Crippen molar-refractivity contribution in [1.29, 1.82) is 0 Å². The Labute approximate surface area is 187 Å². The van der Waals surface area contributed by atoms with Gasteiger partial charge in [-0.05, 0) is 47.4 Å². The summed E-state index contributed by atoms with van der Waals surface area (Å²) < 4.78 is 41.0. The third-order valence-corrected chi connectivity index (χ3v) is 5.76. The van der Waals surface area contributed by atoms with E-state index < -0.39 is 28.8 Å². The molecule has 0 amide bonds. The van der Waals surface area contributed by atoms with Crippen LogP contribution in [0.1, 0.15) is 42.1 Å². The zero-order valence-electron chi connectivity index (χ0n) is 17.9. The van der Waals surface area contributed by atoms with E-state index in [1.54, 1.807) is 48.5 Å². The maximum Gasteiger partial charge on any atom is 0.455 e. The third-order valence-electron chi connectivity index (χ3n) is 5.76. The van der Waals surface area contributed by atoms with Crippen LogP contribution in [0.3, 0.4) is 0 Å². The van der Waals surface area contributed by atoms with Gasteiger partial charge in [0.2, 0.25) is 0 Å². The Morgan fingerprint density at radius 2 is 1.73 bits per heavy atom. The first-order chi connectivity index (χ1) is 15.7. The number of unbranched alkanes of at least 4 members (excludes halogenated alkanes) is 2. The number of nitrogens with zero attached hydrogens (tertiary/aromatic N) is 1. The number of carbonyl (C=O) groups is 1. The lowest BCUT2D eigenvalue weighted by molar-refractivity contribution is -0.0887. The minimum atomic E-state index is -5.31. The second-order valence-electron chi connectivity index (χ2n) is 8.00. The highest BCUT2D eigenvalue weighted by Crippen LogP contribution is 2.37. The van der Waals surface area contributed by atoms with Crippen molar-refractivity contribution in [3.05, 3.63) is 82.1 Å². The van der Waals surface area contributed by atoms with Crippen molar-refractivity contribution in [2.45, 2.75) is 38.8 Å². The summed E-state index contributed by atoms with van der Waals surface area (Å²) in [5.74, 6) is -3.32. The number of aromatic hydroxyl groups is 1. The number of carbonyl (C=O) groups excluding carboxylic acids is 1. The van der Waals surface area contributed by atoms with E-state index in [9.17, 15) is 27.9 Å². The number of ketones is 1. The fourth-order valence-electron chi connectivity index (χ4n) is 4.16. The summed E-state index contributed by atoms with van der Waals surface area (Å²) in [5, 5.41) is 12.0.